The predicted molar refractivity (Wildman–Crippen MR) is 95.1 cm³/mol. The number of methoxy groups -OCH3 is 1. The quantitative estimate of drug-likeness (QED) is 0.788. The Morgan fingerprint density at radius 2 is 1.88 bits per heavy atom. The van der Waals surface area contributed by atoms with Crippen LogP contribution in [0.1, 0.15) is 20.8 Å². The molecular weight excluding hydrogens is 342 g/mol. The molecule has 7 heteroatoms. The number of benzene rings is 1. The highest BCUT2D eigenvalue weighted by atomic mass is 35.5. The maximum atomic E-state index is 12.6. The first-order chi connectivity index (χ1) is 12.1. The first-order valence-corrected chi connectivity index (χ1v) is 8.30. The second kappa shape index (κ2) is 7.53. The van der Waals surface area contributed by atoms with Gasteiger partial charge in [-0.05, 0) is 30.3 Å². The minimum absolute atomic E-state index is 0.137. The second-order valence-electron chi connectivity index (χ2n) is 5.68. The van der Waals surface area contributed by atoms with E-state index >= 15 is 0 Å². The van der Waals surface area contributed by atoms with Gasteiger partial charge in [0.2, 0.25) is 0 Å². The Labute approximate surface area is 151 Å². The number of halogens is 1. The van der Waals surface area contributed by atoms with Crippen LogP contribution in [0.2, 0.25) is 5.02 Å². The van der Waals surface area contributed by atoms with Crippen molar-refractivity contribution in [3.8, 4) is 0 Å². The van der Waals surface area contributed by atoms with Crippen LogP contribution in [0.5, 0.6) is 0 Å². The van der Waals surface area contributed by atoms with Crippen molar-refractivity contribution in [2.75, 3.05) is 38.2 Å². The molecule has 0 unspecified atom stereocenters. The minimum Gasteiger partial charge on any atom is -0.465 e. The Bertz CT molecular complexity index is 771. The molecule has 0 atom stereocenters. The normalized spacial score (nSPS) is 14.3. The van der Waals surface area contributed by atoms with Gasteiger partial charge in [0, 0.05) is 43.1 Å². The van der Waals surface area contributed by atoms with E-state index in [1.807, 2.05) is 24.3 Å². The lowest BCUT2D eigenvalue weighted by atomic mass is 10.2. The third-order valence-corrected chi connectivity index (χ3v) is 4.38. The summed E-state index contributed by atoms with van der Waals surface area (Å²) in [5, 5.41) is 0.700. The van der Waals surface area contributed by atoms with E-state index in [1.54, 1.807) is 17.0 Å². The first kappa shape index (κ1) is 17.2. The number of amides is 1. The number of hydrogen-bond donors (Lipinski definition) is 0. The van der Waals surface area contributed by atoms with Crippen molar-refractivity contribution in [2.24, 2.45) is 0 Å². The van der Waals surface area contributed by atoms with Crippen LogP contribution < -0.4 is 4.90 Å². The summed E-state index contributed by atoms with van der Waals surface area (Å²) in [5.41, 5.74) is 1.70. The second-order valence-corrected chi connectivity index (χ2v) is 6.12. The van der Waals surface area contributed by atoms with Crippen molar-refractivity contribution >= 4 is 29.2 Å². The molecule has 1 saturated heterocycles. The van der Waals surface area contributed by atoms with Crippen LogP contribution in [-0.2, 0) is 4.74 Å². The number of piperazine rings is 1. The zero-order valence-electron chi connectivity index (χ0n) is 13.8. The number of hydrogen-bond acceptors (Lipinski definition) is 5. The van der Waals surface area contributed by atoms with Gasteiger partial charge in [-0.25, -0.2) is 4.79 Å². The number of anilines is 1. The van der Waals surface area contributed by atoms with Crippen molar-refractivity contribution in [3.05, 3.63) is 58.9 Å². The minimum atomic E-state index is -0.471. The number of pyridine rings is 1. The Morgan fingerprint density at radius 3 is 2.48 bits per heavy atom. The molecule has 130 valence electrons. The largest absolute Gasteiger partial charge is 0.465 e. The zero-order chi connectivity index (χ0) is 17.8. The monoisotopic (exact) mass is 359 g/mol. The summed E-state index contributed by atoms with van der Waals surface area (Å²) in [6.07, 6.45) is 1.36. The fourth-order valence-electron chi connectivity index (χ4n) is 2.76. The van der Waals surface area contributed by atoms with E-state index in [9.17, 15) is 9.59 Å². The van der Waals surface area contributed by atoms with Crippen molar-refractivity contribution < 1.29 is 14.3 Å². The summed E-state index contributed by atoms with van der Waals surface area (Å²) >= 11 is 6.04. The van der Waals surface area contributed by atoms with E-state index in [-0.39, 0.29) is 5.91 Å². The lowest BCUT2D eigenvalue weighted by Gasteiger charge is -2.36. The number of ether oxygens (including phenoxy) is 1. The van der Waals surface area contributed by atoms with E-state index in [0.717, 1.165) is 18.8 Å². The van der Waals surface area contributed by atoms with Crippen molar-refractivity contribution in [1.82, 2.24) is 9.88 Å². The van der Waals surface area contributed by atoms with E-state index in [1.165, 1.54) is 13.3 Å². The molecular formula is C18H18ClN3O3. The molecule has 0 saturated carbocycles. The van der Waals surface area contributed by atoms with Crippen LogP contribution >= 0.6 is 11.6 Å². The number of nitrogens with zero attached hydrogens (tertiary/aromatic N) is 3. The molecule has 2 heterocycles. The molecule has 1 aromatic heterocycles. The Kier molecular flexibility index (Phi) is 5.19. The fraction of sp³-hybridized carbons (Fsp3) is 0.278. The van der Waals surface area contributed by atoms with Crippen LogP contribution in [0.25, 0.3) is 0 Å². The Balaban J connectivity index is 1.62. The fourth-order valence-corrected chi connectivity index (χ4v) is 2.95. The molecule has 2 aromatic rings. The molecule has 1 fully saturated rings. The summed E-state index contributed by atoms with van der Waals surface area (Å²) < 4.78 is 4.63. The van der Waals surface area contributed by atoms with Crippen LogP contribution in [0.15, 0.2) is 42.6 Å². The molecule has 1 aromatic carbocycles. The van der Waals surface area contributed by atoms with Crippen molar-refractivity contribution in [2.45, 2.75) is 0 Å². The van der Waals surface area contributed by atoms with E-state index in [0.29, 0.717) is 29.4 Å². The van der Waals surface area contributed by atoms with Gasteiger partial charge in [0.25, 0.3) is 5.91 Å². The molecule has 0 bridgehead atoms. The van der Waals surface area contributed by atoms with Gasteiger partial charge in [0.1, 0.15) is 5.69 Å². The molecule has 6 nitrogen and oxygen atoms in total. The van der Waals surface area contributed by atoms with Gasteiger partial charge in [0.05, 0.1) is 12.7 Å². The molecule has 25 heavy (non-hydrogen) atoms. The maximum absolute atomic E-state index is 12.6. The van der Waals surface area contributed by atoms with Crippen LogP contribution in [0.3, 0.4) is 0 Å². The van der Waals surface area contributed by atoms with Gasteiger partial charge in [-0.3, -0.25) is 9.78 Å². The van der Waals surface area contributed by atoms with E-state index in [4.69, 9.17) is 11.6 Å². The van der Waals surface area contributed by atoms with Crippen LogP contribution in [0.4, 0.5) is 5.69 Å². The molecule has 1 aliphatic rings. The topological polar surface area (TPSA) is 62.7 Å². The highest BCUT2D eigenvalue weighted by molar-refractivity contribution is 6.30. The Morgan fingerprint density at radius 1 is 1.12 bits per heavy atom. The van der Waals surface area contributed by atoms with Gasteiger partial charge >= 0.3 is 5.97 Å². The van der Waals surface area contributed by atoms with Gasteiger partial charge in [-0.1, -0.05) is 17.7 Å². The summed E-state index contributed by atoms with van der Waals surface area (Å²) in [5.74, 6) is -0.608. The van der Waals surface area contributed by atoms with Crippen molar-refractivity contribution in [3.63, 3.8) is 0 Å². The molecule has 0 N–H and O–H groups in total. The smallest absolute Gasteiger partial charge is 0.339 e. The number of carbonyl (C=O) groups excluding carboxylic acids is 2. The highest BCUT2D eigenvalue weighted by Gasteiger charge is 2.23. The number of aromatic nitrogens is 1. The Hall–Kier alpha value is -2.60. The maximum Gasteiger partial charge on any atom is 0.339 e. The lowest BCUT2D eigenvalue weighted by Crippen LogP contribution is -2.49. The summed E-state index contributed by atoms with van der Waals surface area (Å²) in [6, 6.07) is 10.8. The number of carbonyl (C=O) groups is 2. The zero-order valence-corrected chi connectivity index (χ0v) is 14.6. The SMILES string of the molecule is COC(=O)c1ccc(C(=O)N2CCN(c3cccc(Cl)c3)CC2)nc1. The van der Waals surface area contributed by atoms with Crippen LogP contribution in [-0.4, -0.2) is 55.0 Å². The average molecular weight is 360 g/mol. The van der Waals surface area contributed by atoms with E-state index in [2.05, 4.69) is 14.6 Å². The average Bonchev–Trinajstić information content (AvgIpc) is 2.67. The van der Waals surface area contributed by atoms with Gasteiger partial charge in [0.15, 0.2) is 0 Å². The highest BCUT2D eigenvalue weighted by Crippen LogP contribution is 2.21. The molecule has 0 spiro atoms. The molecule has 3 rings (SSSR count). The van der Waals surface area contributed by atoms with Gasteiger partial charge in [-0.15, -0.1) is 0 Å². The summed E-state index contributed by atoms with van der Waals surface area (Å²) in [7, 11) is 1.31. The first-order valence-electron chi connectivity index (χ1n) is 7.92. The summed E-state index contributed by atoms with van der Waals surface area (Å²) in [4.78, 5) is 32.0. The molecule has 1 aliphatic heterocycles. The van der Waals surface area contributed by atoms with Gasteiger partial charge < -0.3 is 14.5 Å². The molecule has 1 amide bonds. The van der Waals surface area contributed by atoms with Crippen molar-refractivity contribution in [1.29, 1.82) is 0 Å². The number of esters is 1. The number of rotatable bonds is 3. The third kappa shape index (κ3) is 3.91. The lowest BCUT2D eigenvalue weighted by molar-refractivity contribution is 0.0599. The third-order valence-electron chi connectivity index (χ3n) is 4.14. The predicted octanol–water partition coefficient (Wildman–Crippen LogP) is 2.48. The molecule has 0 radical (unpaired) electrons. The molecule has 0 aliphatic carbocycles. The van der Waals surface area contributed by atoms with E-state index < -0.39 is 5.97 Å². The van der Waals surface area contributed by atoms with Gasteiger partial charge in [-0.2, -0.15) is 0 Å². The standard InChI is InChI=1S/C18H18ClN3O3/c1-25-18(24)13-5-6-16(20-12-13)17(23)22-9-7-21(8-10-22)15-4-2-3-14(19)11-15/h2-6,11-12H,7-10H2,1H3. The summed E-state index contributed by atoms with van der Waals surface area (Å²) in [6.45, 7) is 2.66. The van der Waals surface area contributed by atoms with Crippen LogP contribution in [0, 0.1) is 0 Å².